The largest absolute Gasteiger partial charge is 0.417 e. The summed E-state index contributed by atoms with van der Waals surface area (Å²) in [6.07, 6.45) is 9.89. The second kappa shape index (κ2) is 27.7. The maximum atomic E-state index is 14.9. The number of aryl methyl sites for hydroxylation is 1. The van der Waals surface area contributed by atoms with Crippen molar-refractivity contribution in [1.29, 1.82) is 0 Å². The fourth-order valence-electron chi connectivity index (χ4n) is 6.69. The number of ether oxygens (including phenoxy) is 6. The van der Waals surface area contributed by atoms with Crippen molar-refractivity contribution in [1.82, 2.24) is 0 Å². The van der Waals surface area contributed by atoms with Crippen LogP contribution in [0.1, 0.15) is 118 Å². The first-order chi connectivity index (χ1) is 28.9. The summed E-state index contributed by atoms with van der Waals surface area (Å²) in [4.78, 5) is 2.41. The lowest BCUT2D eigenvalue weighted by atomic mass is 9.90. The molecule has 11 nitrogen and oxygen atoms in total. The Labute approximate surface area is 381 Å². The van der Waals surface area contributed by atoms with Gasteiger partial charge in [0.1, 0.15) is 20.4 Å². The standard InChI is InChI=1S/C48H87NO10SSi2/c1-18-19-21-24-41(55-36-52-11)35-42(56-37-53-12)31-33-48(49-10,60(50,51)43-28-26-39(2)27-29-43)32-30-40(3)45(57-38-54-13)44(59-62(16,17)47(7,8)9)25-22-20-23-34-58-61(14,15)46(4,5)6/h18,20,22,26-29,40-42,44-45H,1,19,21,23-25,30-38H2,2-9,11-17H3/b22-20-/t40-,41+,42+,44-,45-,48?/m1/s1. The fraction of sp³-hybridized carbons (Fsp3) is 0.771. The molecule has 0 bridgehead atoms. The van der Waals surface area contributed by atoms with Crippen LogP contribution in [0, 0.1) is 19.4 Å². The minimum absolute atomic E-state index is 0.0212. The lowest BCUT2D eigenvalue weighted by molar-refractivity contribution is -0.128. The number of unbranched alkanes of at least 4 members (excludes halogenated alkanes) is 1. The van der Waals surface area contributed by atoms with Gasteiger partial charge in [0.15, 0.2) is 16.6 Å². The first-order valence-electron chi connectivity index (χ1n) is 22.5. The van der Waals surface area contributed by atoms with Gasteiger partial charge in [0.2, 0.25) is 0 Å². The monoisotopic (exact) mass is 926 g/mol. The Morgan fingerprint density at radius 2 is 1.31 bits per heavy atom. The van der Waals surface area contributed by atoms with Crippen molar-refractivity contribution in [3.05, 3.63) is 66.1 Å². The van der Waals surface area contributed by atoms with Crippen LogP contribution in [0.3, 0.4) is 0 Å². The van der Waals surface area contributed by atoms with Gasteiger partial charge in [-0.25, -0.2) is 15.0 Å². The SMILES string of the molecule is [C-]#[N+]C(CC[C@@H](C[C@H](CCCC=C)OCOC)OCOC)(CC[C@@H](C)[C@@H](OCOC)[C@@H](C/C=C\CCO[Si](C)(C)C(C)(C)C)O[Si](C)(C)C(C)(C)C)S(=O)(=O)c1ccc(C)cc1. The summed E-state index contributed by atoms with van der Waals surface area (Å²) in [5.74, 6) is -0.207. The average molecular weight is 926 g/mol. The smallest absolute Gasteiger partial charge is 0.333 e. The van der Waals surface area contributed by atoms with Gasteiger partial charge in [-0.15, -0.1) is 6.58 Å². The summed E-state index contributed by atoms with van der Waals surface area (Å²) >= 11 is 0. The van der Waals surface area contributed by atoms with E-state index in [0.29, 0.717) is 32.3 Å². The highest BCUT2D eigenvalue weighted by Gasteiger charge is 2.52. The van der Waals surface area contributed by atoms with E-state index in [1.165, 1.54) is 0 Å². The van der Waals surface area contributed by atoms with E-state index in [-0.39, 0.29) is 66.3 Å². The van der Waals surface area contributed by atoms with Crippen molar-refractivity contribution in [2.24, 2.45) is 5.92 Å². The second-order valence-corrected chi connectivity index (χ2v) is 31.6. The number of benzene rings is 1. The number of methoxy groups -OCH3 is 3. The van der Waals surface area contributed by atoms with Crippen molar-refractivity contribution in [2.45, 2.75) is 190 Å². The molecule has 6 atom stereocenters. The van der Waals surface area contributed by atoms with E-state index in [0.717, 1.165) is 31.2 Å². The molecular formula is C48H87NO10SSi2. The Morgan fingerprint density at radius 3 is 1.82 bits per heavy atom. The molecule has 0 saturated carbocycles. The Balaban J connectivity index is 3.66. The minimum atomic E-state index is -4.17. The third kappa shape index (κ3) is 19.0. The Bertz CT molecular complexity index is 1580. The zero-order valence-electron chi connectivity index (χ0n) is 41.5. The Morgan fingerprint density at radius 1 is 0.774 bits per heavy atom. The predicted octanol–water partition coefficient (Wildman–Crippen LogP) is 12.0. The normalized spacial score (nSPS) is 16.7. The second-order valence-electron chi connectivity index (χ2n) is 19.8. The highest BCUT2D eigenvalue weighted by molar-refractivity contribution is 7.93. The van der Waals surface area contributed by atoms with Crippen LogP contribution in [0.15, 0.2) is 54.0 Å². The fourth-order valence-corrected chi connectivity index (χ4v) is 10.9. The first-order valence-corrected chi connectivity index (χ1v) is 29.8. The van der Waals surface area contributed by atoms with Crippen molar-refractivity contribution >= 4 is 26.5 Å². The van der Waals surface area contributed by atoms with E-state index in [4.69, 9.17) is 43.8 Å². The zero-order chi connectivity index (χ0) is 47.3. The molecule has 0 aromatic heterocycles. The molecule has 0 fully saturated rings. The van der Waals surface area contributed by atoms with E-state index in [1.807, 2.05) is 13.0 Å². The van der Waals surface area contributed by atoms with Crippen molar-refractivity contribution < 1.29 is 45.7 Å². The van der Waals surface area contributed by atoms with E-state index in [9.17, 15) is 8.42 Å². The molecule has 0 N–H and O–H groups in total. The third-order valence-corrected chi connectivity index (χ3v) is 24.3. The zero-order valence-corrected chi connectivity index (χ0v) is 44.3. The van der Waals surface area contributed by atoms with Gasteiger partial charge in [-0.3, -0.25) is 4.85 Å². The van der Waals surface area contributed by atoms with Crippen LogP contribution in [0.5, 0.6) is 0 Å². The summed E-state index contributed by atoms with van der Waals surface area (Å²) < 4.78 is 78.1. The molecule has 0 amide bonds. The van der Waals surface area contributed by atoms with Crippen LogP contribution in [0.4, 0.5) is 0 Å². The third-order valence-electron chi connectivity index (χ3n) is 12.8. The lowest BCUT2D eigenvalue weighted by Crippen LogP contribution is -2.49. The highest BCUT2D eigenvalue weighted by Crippen LogP contribution is 2.42. The van der Waals surface area contributed by atoms with Gasteiger partial charge in [0.05, 0.1) is 29.3 Å². The molecular weight excluding hydrogens is 839 g/mol. The van der Waals surface area contributed by atoms with Crippen molar-refractivity contribution in [2.75, 3.05) is 48.3 Å². The van der Waals surface area contributed by atoms with E-state index < -0.39 is 43.6 Å². The topological polar surface area (TPSA) is 112 Å². The molecule has 0 heterocycles. The van der Waals surface area contributed by atoms with Gasteiger partial charge in [-0.2, -0.15) is 0 Å². The molecule has 62 heavy (non-hydrogen) atoms. The number of rotatable bonds is 33. The van der Waals surface area contributed by atoms with Crippen molar-refractivity contribution in [3.8, 4) is 0 Å². The molecule has 1 unspecified atom stereocenters. The molecule has 0 aliphatic carbocycles. The van der Waals surface area contributed by atoms with Gasteiger partial charge in [-0.05, 0) is 113 Å². The van der Waals surface area contributed by atoms with Crippen LogP contribution >= 0.6 is 0 Å². The Hall–Kier alpha value is -1.75. The maximum absolute atomic E-state index is 14.9. The van der Waals surface area contributed by atoms with Gasteiger partial charge in [0.25, 0.3) is 9.84 Å². The molecule has 0 aliphatic rings. The molecule has 0 radical (unpaired) electrons. The molecule has 1 rings (SSSR count). The summed E-state index contributed by atoms with van der Waals surface area (Å²) in [5.41, 5.74) is 0.931. The summed E-state index contributed by atoms with van der Waals surface area (Å²) in [7, 11) is -3.62. The van der Waals surface area contributed by atoms with E-state index in [2.05, 4.69) is 98.2 Å². The van der Waals surface area contributed by atoms with Gasteiger partial charge < -0.3 is 37.3 Å². The van der Waals surface area contributed by atoms with Crippen LogP contribution in [0.25, 0.3) is 4.85 Å². The van der Waals surface area contributed by atoms with Crippen LogP contribution in [-0.2, 0) is 47.1 Å². The number of hydrogen-bond donors (Lipinski definition) is 0. The number of nitrogens with zero attached hydrogens (tertiary/aromatic N) is 1. The van der Waals surface area contributed by atoms with Crippen LogP contribution in [0.2, 0.25) is 36.3 Å². The highest BCUT2D eigenvalue weighted by atomic mass is 32.2. The Kier molecular flexibility index (Phi) is 26.0. The summed E-state index contributed by atoms with van der Waals surface area (Å²) in [6.45, 7) is 39.7. The molecule has 1 aromatic rings. The molecule has 0 spiro atoms. The lowest BCUT2D eigenvalue weighted by Gasteiger charge is -2.42. The van der Waals surface area contributed by atoms with Crippen LogP contribution in [-0.4, -0.2) is 103 Å². The quantitative estimate of drug-likeness (QED) is 0.0222. The molecule has 1 aromatic carbocycles. The number of hydrogen-bond acceptors (Lipinski definition) is 10. The molecule has 0 aliphatic heterocycles. The average Bonchev–Trinajstić information content (AvgIpc) is 3.19. The molecule has 14 heteroatoms. The molecule has 0 saturated heterocycles. The number of allylic oxidation sites excluding steroid dienone is 1. The number of sulfone groups is 1. The van der Waals surface area contributed by atoms with E-state index in [1.54, 1.807) is 45.6 Å². The maximum Gasteiger partial charge on any atom is 0.333 e. The van der Waals surface area contributed by atoms with Crippen molar-refractivity contribution in [3.63, 3.8) is 0 Å². The first kappa shape index (κ1) is 58.3. The van der Waals surface area contributed by atoms with Crippen LogP contribution < -0.4 is 0 Å². The van der Waals surface area contributed by atoms with E-state index >= 15 is 0 Å². The summed E-state index contributed by atoms with van der Waals surface area (Å²) in [5, 5.41) is 0.0705. The predicted molar refractivity (Wildman–Crippen MR) is 258 cm³/mol. The summed E-state index contributed by atoms with van der Waals surface area (Å²) in [6, 6.07) is 6.77. The van der Waals surface area contributed by atoms with Gasteiger partial charge >= 0.3 is 4.87 Å². The minimum Gasteiger partial charge on any atom is -0.417 e. The van der Waals surface area contributed by atoms with Gasteiger partial charge in [-0.1, -0.05) is 84.4 Å². The van der Waals surface area contributed by atoms with Gasteiger partial charge in [0, 0.05) is 40.8 Å². The molecule has 358 valence electrons.